The second-order valence-electron chi connectivity index (χ2n) is 9.82. The van der Waals surface area contributed by atoms with Crippen molar-refractivity contribution >= 4 is 40.9 Å². The zero-order valence-electron chi connectivity index (χ0n) is 21.2. The molecule has 1 aromatic carbocycles. The fraction of sp³-hybridized carbons (Fsp3) is 0.481. The number of rotatable bonds is 8. The van der Waals surface area contributed by atoms with E-state index in [-0.39, 0.29) is 22.5 Å². The van der Waals surface area contributed by atoms with Crippen molar-refractivity contribution in [2.75, 3.05) is 24.7 Å². The van der Waals surface area contributed by atoms with Gasteiger partial charge in [-0.15, -0.1) is 0 Å². The van der Waals surface area contributed by atoms with Gasteiger partial charge in [0.2, 0.25) is 11.6 Å². The highest BCUT2D eigenvalue weighted by Crippen LogP contribution is 2.38. The van der Waals surface area contributed by atoms with E-state index in [2.05, 4.69) is 10.6 Å². The molecular weight excluding hydrogens is 513 g/mol. The highest BCUT2D eigenvalue weighted by Gasteiger charge is 2.51. The van der Waals surface area contributed by atoms with Gasteiger partial charge in [0.25, 0.3) is 5.91 Å². The number of Topliss-reactive ketones (excluding diaryl/α,β-unsaturated/α-hetero) is 2. The standard InChI is InChI=1S/C27H30FN3O6S/c1-14-10-11-18(37-14)21(19-9-5-13-38-19)30-23-22(24(32)25(23)33)29-16-7-3-6-15(20(16)28)26(34)31-12-4-8-17(31)27(35)36-2/h3,6-7,10-11,17,19,21-23,29-30H,4-5,8-9,12-13H2,1-2H3/t17-,19-,21+,22?,23?/m0/s1. The fourth-order valence-electron chi connectivity index (χ4n) is 5.41. The van der Waals surface area contributed by atoms with Gasteiger partial charge in [0, 0.05) is 11.8 Å². The average Bonchev–Trinajstić information content (AvgIpc) is 3.70. The van der Waals surface area contributed by atoms with Crippen LogP contribution in [0.25, 0.3) is 0 Å². The number of amides is 1. The van der Waals surface area contributed by atoms with Gasteiger partial charge in [0.1, 0.15) is 29.6 Å². The Kier molecular flexibility index (Phi) is 7.58. The number of anilines is 1. The van der Waals surface area contributed by atoms with Crippen LogP contribution >= 0.6 is 11.8 Å². The number of likely N-dealkylation sites (tertiary alicyclic amines) is 1. The molecule has 2 aromatic rings. The molecule has 5 rings (SSSR count). The number of nitrogens with zero attached hydrogens (tertiary/aromatic N) is 1. The average molecular weight is 544 g/mol. The van der Waals surface area contributed by atoms with E-state index in [1.54, 1.807) is 11.8 Å². The number of thioether (sulfide) groups is 1. The first-order valence-corrected chi connectivity index (χ1v) is 13.8. The van der Waals surface area contributed by atoms with Crippen molar-refractivity contribution in [1.82, 2.24) is 10.2 Å². The summed E-state index contributed by atoms with van der Waals surface area (Å²) < 4.78 is 26.2. The Labute approximate surface area is 223 Å². The molecule has 2 aliphatic heterocycles. The van der Waals surface area contributed by atoms with Crippen LogP contribution in [0.15, 0.2) is 34.7 Å². The second-order valence-corrected chi connectivity index (χ2v) is 11.2. The van der Waals surface area contributed by atoms with Gasteiger partial charge in [-0.2, -0.15) is 11.8 Å². The summed E-state index contributed by atoms with van der Waals surface area (Å²) in [4.78, 5) is 51.8. The molecule has 202 valence electrons. The van der Waals surface area contributed by atoms with Crippen molar-refractivity contribution < 1.29 is 32.7 Å². The molecule has 11 heteroatoms. The second kappa shape index (κ2) is 10.9. The monoisotopic (exact) mass is 543 g/mol. The van der Waals surface area contributed by atoms with E-state index in [4.69, 9.17) is 9.15 Å². The van der Waals surface area contributed by atoms with Crippen molar-refractivity contribution in [2.24, 2.45) is 0 Å². The first-order valence-electron chi connectivity index (χ1n) is 12.8. The number of hydrogen-bond acceptors (Lipinski definition) is 9. The summed E-state index contributed by atoms with van der Waals surface area (Å²) in [6, 6.07) is 5.06. The molecule has 2 saturated heterocycles. The van der Waals surface area contributed by atoms with Gasteiger partial charge >= 0.3 is 5.97 Å². The predicted octanol–water partition coefficient (Wildman–Crippen LogP) is 3.03. The molecular formula is C27H30FN3O6S. The molecule has 5 atom stereocenters. The maximum atomic E-state index is 15.6. The zero-order chi connectivity index (χ0) is 27.0. The molecule has 0 radical (unpaired) electrons. The number of carbonyl (C=O) groups excluding carboxylic acids is 4. The number of esters is 1. The van der Waals surface area contributed by atoms with Gasteiger partial charge < -0.3 is 19.4 Å². The molecule has 1 aliphatic carbocycles. The SMILES string of the molecule is COC(=O)[C@@H]1CCCN1C(=O)c1cccc(NC2C(=O)C(=O)C2N[C@H](c2ccc(C)o2)[C@@H]2CCCS2)c1F. The first-order chi connectivity index (χ1) is 18.3. The van der Waals surface area contributed by atoms with Crippen LogP contribution in [-0.4, -0.2) is 71.1 Å². The summed E-state index contributed by atoms with van der Waals surface area (Å²) >= 11 is 1.79. The summed E-state index contributed by atoms with van der Waals surface area (Å²) in [6.45, 7) is 2.15. The Balaban J connectivity index is 1.35. The number of hydrogen-bond donors (Lipinski definition) is 2. The minimum absolute atomic E-state index is 0.0667. The summed E-state index contributed by atoms with van der Waals surface area (Å²) in [7, 11) is 1.25. The van der Waals surface area contributed by atoms with E-state index >= 15 is 4.39 Å². The lowest BCUT2D eigenvalue weighted by atomic mass is 9.81. The van der Waals surface area contributed by atoms with E-state index in [0.717, 1.165) is 24.4 Å². The van der Waals surface area contributed by atoms with Crippen LogP contribution in [0.1, 0.15) is 53.6 Å². The van der Waals surface area contributed by atoms with Crippen LogP contribution < -0.4 is 10.6 Å². The van der Waals surface area contributed by atoms with Crippen LogP contribution in [0, 0.1) is 12.7 Å². The maximum Gasteiger partial charge on any atom is 0.328 e. The lowest BCUT2D eigenvalue weighted by Crippen LogP contribution is -2.68. The van der Waals surface area contributed by atoms with Crippen molar-refractivity contribution in [1.29, 1.82) is 0 Å². The molecule has 1 amide bonds. The van der Waals surface area contributed by atoms with Crippen LogP contribution in [-0.2, 0) is 19.1 Å². The molecule has 0 bridgehead atoms. The molecule has 2 unspecified atom stereocenters. The number of ether oxygens (including phenoxy) is 1. The normalized spacial score (nSPS) is 25.8. The predicted molar refractivity (Wildman–Crippen MR) is 138 cm³/mol. The van der Waals surface area contributed by atoms with Crippen molar-refractivity contribution in [3.8, 4) is 0 Å². The lowest BCUT2D eigenvalue weighted by Gasteiger charge is -2.38. The van der Waals surface area contributed by atoms with Gasteiger partial charge in [-0.05, 0) is 62.6 Å². The smallest absolute Gasteiger partial charge is 0.328 e. The van der Waals surface area contributed by atoms with Gasteiger partial charge in [0.05, 0.1) is 24.4 Å². The molecule has 1 aromatic heterocycles. The largest absolute Gasteiger partial charge is 0.467 e. The number of ketones is 2. The first kappa shape index (κ1) is 26.4. The van der Waals surface area contributed by atoms with Crippen molar-refractivity contribution in [3.63, 3.8) is 0 Å². The highest BCUT2D eigenvalue weighted by molar-refractivity contribution is 8.00. The number of methoxy groups -OCH3 is 1. The third kappa shape index (κ3) is 4.84. The van der Waals surface area contributed by atoms with E-state index in [0.29, 0.717) is 25.1 Å². The quantitative estimate of drug-likeness (QED) is 0.383. The molecule has 38 heavy (non-hydrogen) atoms. The summed E-state index contributed by atoms with van der Waals surface area (Å²) in [5.74, 6) is -0.808. The molecule has 1 saturated carbocycles. The molecule has 3 aliphatic rings. The Bertz CT molecular complexity index is 1260. The fourth-order valence-corrected chi connectivity index (χ4v) is 6.78. The minimum atomic E-state index is -0.998. The third-order valence-corrected chi connectivity index (χ3v) is 8.89. The molecule has 3 heterocycles. The summed E-state index contributed by atoms with van der Waals surface area (Å²) in [6.07, 6.45) is 3.04. The van der Waals surface area contributed by atoms with Crippen molar-refractivity contribution in [3.05, 3.63) is 53.2 Å². The third-order valence-electron chi connectivity index (χ3n) is 7.43. The highest BCUT2D eigenvalue weighted by atomic mass is 32.2. The van der Waals surface area contributed by atoms with E-state index in [1.165, 1.54) is 30.2 Å². The zero-order valence-corrected chi connectivity index (χ0v) is 22.0. The molecule has 3 fully saturated rings. The van der Waals surface area contributed by atoms with Crippen LogP contribution in [0.5, 0.6) is 0 Å². The number of benzene rings is 1. The molecule has 2 N–H and O–H groups in total. The summed E-state index contributed by atoms with van der Waals surface area (Å²) in [5, 5.41) is 6.33. The Hall–Kier alpha value is -3.18. The number of halogens is 1. The Morgan fingerprint density at radius 2 is 1.92 bits per heavy atom. The minimum Gasteiger partial charge on any atom is -0.467 e. The van der Waals surface area contributed by atoms with Crippen molar-refractivity contribution in [2.45, 2.75) is 62.0 Å². The van der Waals surface area contributed by atoms with Gasteiger partial charge in [-0.1, -0.05) is 6.07 Å². The lowest BCUT2D eigenvalue weighted by molar-refractivity contribution is -0.145. The van der Waals surface area contributed by atoms with Crippen LogP contribution in [0.3, 0.4) is 0 Å². The topological polar surface area (TPSA) is 118 Å². The van der Waals surface area contributed by atoms with Gasteiger partial charge in [-0.3, -0.25) is 19.7 Å². The maximum absolute atomic E-state index is 15.6. The van der Waals surface area contributed by atoms with E-state index < -0.39 is 47.4 Å². The molecule has 0 spiro atoms. The number of carbonyl (C=O) groups is 4. The number of furan rings is 1. The van der Waals surface area contributed by atoms with E-state index in [9.17, 15) is 19.2 Å². The van der Waals surface area contributed by atoms with Gasteiger partial charge in [-0.25, -0.2) is 9.18 Å². The van der Waals surface area contributed by atoms with Gasteiger partial charge in [0.15, 0.2) is 5.82 Å². The van der Waals surface area contributed by atoms with E-state index in [1.807, 2.05) is 19.1 Å². The Morgan fingerprint density at radius 3 is 2.61 bits per heavy atom. The van der Waals surface area contributed by atoms with Crippen LogP contribution in [0.4, 0.5) is 10.1 Å². The number of nitrogens with one attached hydrogen (secondary N) is 2. The number of aryl methyl sites for hydroxylation is 1. The Morgan fingerprint density at radius 1 is 1.13 bits per heavy atom. The summed E-state index contributed by atoms with van der Waals surface area (Å²) in [5.41, 5.74) is -0.289. The van der Waals surface area contributed by atoms with Crippen LogP contribution in [0.2, 0.25) is 0 Å². The molecule has 9 nitrogen and oxygen atoms in total.